The number of thiol groups is 1. The summed E-state index contributed by atoms with van der Waals surface area (Å²) in [5.74, 6) is 3.86. The molecule has 0 amide bonds. The van der Waals surface area contributed by atoms with E-state index in [0.29, 0.717) is 5.92 Å². The van der Waals surface area contributed by atoms with Gasteiger partial charge in [-0.2, -0.15) is 0 Å². The molecule has 2 aromatic rings. The van der Waals surface area contributed by atoms with Crippen LogP contribution in [0.25, 0.3) is 0 Å². The Morgan fingerprint density at radius 3 is 1.45 bits per heavy atom. The summed E-state index contributed by atoms with van der Waals surface area (Å²) < 4.78 is 39.3. The summed E-state index contributed by atoms with van der Waals surface area (Å²) in [5.41, 5.74) is 2.39. The van der Waals surface area contributed by atoms with Gasteiger partial charge in [0.05, 0.1) is 28.4 Å². The Bertz CT molecular complexity index is 772. The van der Waals surface area contributed by atoms with Crippen LogP contribution in [0.1, 0.15) is 24.5 Å². The van der Waals surface area contributed by atoms with Crippen molar-refractivity contribution < 1.29 is 27.4 Å². The maximum Gasteiger partial charge on any atom is 0.198 e. The zero-order valence-corrected chi connectivity index (χ0v) is 18.5. The van der Waals surface area contributed by atoms with Crippen molar-refractivity contribution in [3.63, 3.8) is 0 Å². The first kappa shape index (κ1) is 24.6. The molecular weight excluding hydrogens is 394 g/mol. The Morgan fingerprint density at radius 2 is 1.17 bits per heavy atom. The summed E-state index contributed by atoms with van der Waals surface area (Å²) >= 11 is 0. The normalized spacial score (nSPS) is 10.3. The molecule has 0 aliphatic carbocycles. The van der Waals surface area contributed by atoms with Gasteiger partial charge >= 0.3 is 0 Å². The number of benzene rings is 2. The largest absolute Gasteiger partial charge is 0.497 e. The van der Waals surface area contributed by atoms with Crippen LogP contribution in [-0.4, -0.2) is 36.9 Å². The summed E-state index contributed by atoms with van der Waals surface area (Å²) in [6.45, 7) is 2.22. The van der Waals surface area contributed by atoms with Crippen molar-refractivity contribution >= 4 is 10.9 Å². The number of ether oxygens (including phenoxy) is 4. The first-order valence-electron chi connectivity index (χ1n) is 9.19. The van der Waals surface area contributed by atoms with Gasteiger partial charge < -0.3 is 18.9 Å². The number of rotatable bonds is 9. The molecule has 0 aliphatic rings. The van der Waals surface area contributed by atoms with E-state index in [2.05, 4.69) is 24.2 Å². The number of hydrogen-bond donors (Lipinski definition) is 2. The Morgan fingerprint density at radius 1 is 0.793 bits per heavy atom. The maximum atomic E-state index is 8.81. The van der Waals surface area contributed by atoms with Crippen molar-refractivity contribution in [2.24, 2.45) is 11.1 Å². The molecule has 0 radical (unpaired) electrons. The van der Waals surface area contributed by atoms with Gasteiger partial charge in [0.2, 0.25) is 0 Å². The minimum absolute atomic E-state index is 0.490. The van der Waals surface area contributed by atoms with E-state index in [9.17, 15) is 0 Å². The SMILES string of the molecule is CCC(Cc1ccc(OC)cc1OC)Cc1ccc(OC)cc1OC.N[SH](=O)=O. The van der Waals surface area contributed by atoms with Crippen LogP contribution in [0.4, 0.5) is 0 Å². The van der Waals surface area contributed by atoms with Crippen LogP contribution in [0.2, 0.25) is 0 Å². The summed E-state index contributed by atoms with van der Waals surface area (Å²) in [7, 11) is 4.11. The molecule has 0 spiro atoms. The highest BCUT2D eigenvalue weighted by Crippen LogP contribution is 2.31. The second-order valence-corrected chi connectivity index (χ2v) is 6.89. The zero-order chi connectivity index (χ0) is 21.8. The Kier molecular flexibility index (Phi) is 10.9. The van der Waals surface area contributed by atoms with E-state index in [1.165, 1.54) is 11.1 Å². The van der Waals surface area contributed by atoms with Crippen molar-refractivity contribution in [1.82, 2.24) is 0 Å². The number of nitrogens with two attached hydrogens (primary N) is 1. The summed E-state index contributed by atoms with van der Waals surface area (Å²) in [4.78, 5) is 0. The van der Waals surface area contributed by atoms with Gasteiger partial charge in [0.1, 0.15) is 23.0 Å². The van der Waals surface area contributed by atoms with Crippen LogP contribution in [0.15, 0.2) is 36.4 Å². The quantitative estimate of drug-likeness (QED) is 0.600. The first-order valence-corrected chi connectivity index (χ1v) is 10.4. The molecule has 0 aromatic heterocycles. The third kappa shape index (κ3) is 8.21. The fourth-order valence-corrected chi connectivity index (χ4v) is 3.02. The van der Waals surface area contributed by atoms with Crippen molar-refractivity contribution in [3.8, 4) is 23.0 Å². The molecule has 0 bridgehead atoms. The van der Waals surface area contributed by atoms with E-state index >= 15 is 0 Å². The van der Waals surface area contributed by atoms with E-state index < -0.39 is 10.9 Å². The highest BCUT2D eigenvalue weighted by molar-refractivity contribution is 7.69. The fraction of sp³-hybridized carbons (Fsp3) is 0.429. The van der Waals surface area contributed by atoms with E-state index in [-0.39, 0.29) is 0 Å². The predicted octanol–water partition coefficient (Wildman–Crippen LogP) is 3.00. The third-order valence-electron chi connectivity index (χ3n) is 4.58. The van der Waals surface area contributed by atoms with Gasteiger partial charge in [0.25, 0.3) is 0 Å². The number of methoxy groups -OCH3 is 4. The predicted molar refractivity (Wildman–Crippen MR) is 115 cm³/mol. The minimum atomic E-state index is -2.62. The molecule has 7 nitrogen and oxygen atoms in total. The summed E-state index contributed by atoms with van der Waals surface area (Å²) in [5, 5.41) is 4.06. The molecule has 0 atom stereocenters. The second-order valence-electron chi connectivity index (χ2n) is 6.32. The maximum absolute atomic E-state index is 8.81. The molecule has 0 unspecified atom stereocenters. The molecule has 0 saturated carbocycles. The van der Waals surface area contributed by atoms with Crippen LogP contribution >= 0.6 is 0 Å². The molecular formula is C21H31NO6S. The van der Waals surface area contributed by atoms with E-state index in [1.54, 1.807) is 28.4 Å². The molecule has 2 aromatic carbocycles. The van der Waals surface area contributed by atoms with Crippen molar-refractivity contribution in [2.45, 2.75) is 26.2 Å². The summed E-state index contributed by atoms with van der Waals surface area (Å²) in [6, 6.07) is 12.0. The van der Waals surface area contributed by atoms with Crippen molar-refractivity contribution in [3.05, 3.63) is 47.5 Å². The van der Waals surface area contributed by atoms with Gasteiger partial charge in [0, 0.05) is 12.1 Å². The monoisotopic (exact) mass is 425 g/mol. The van der Waals surface area contributed by atoms with Gasteiger partial charge in [-0.05, 0) is 42.0 Å². The summed E-state index contributed by atoms with van der Waals surface area (Å²) in [6.07, 6.45) is 2.96. The number of hydrogen-bond acceptors (Lipinski definition) is 6. The lowest BCUT2D eigenvalue weighted by molar-refractivity contribution is 0.381. The highest BCUT2D eigenvalue weighted by atomic mass is 32.2. The zero-order valence-electron chi connectivity index (χ0n) is 17.6. The lowest BCUT2D eigenvalue weighted by atomic mass is 9.89. The molecule has 0 fully saturated rings. The second kappa shape index (κ2) is 12.9. The molecule has 8 heteroatoms. The van der Waals surface area contributed by atoms with Gasteiger partial charge in [-0.1, -0.05) is 25.5 Å². The smallest absolute Gasteiger partial charge is 0.198 e. The average molecular weight is 426 g/mol. The van der Waals surface area contributed by atoms with Gasteiger partial charge in [-0.15, -0.1) is 0 Å². The van der Waals surface area contributed by atoms with Crippen LogP contribution in [0.5, 0.6) is 23.0 Å². The van der Waals surface area contributed by atoms with Crippen LogP contribution < -0.4 is 24.1 Å². The Balaban J connectivity index is 0.000000960. The lowest BCUT2D eigenvalue weighted by Gasteiger charge is -2.19. The standard InChI is InChI=1S/C21H28O4.H3NO2S/c1-6-15(11-16-7-9-18(22-2)13-20(16)24-4)12-17-8-10-19(23-3)14-21(17)25-5;1-4(2)3/h7-10,13-15H,6,11-12H2,1-5H3;4H,(H2,1,2,3). The van der Waals surface area contributed by atoms with Crippen LogP contribution in [-0.2, 0) is 23.7 Å². The molecule has 0 heterocycles. The topological polar surface area (TPSA) is 97.1 Å². The minimum Gasteiger partial charge on any atom is -0.497 e. The lowest BCUT2D eigenvalue weighted by Crippen LogP contribution is -2.09. The molecule has 162 valence electrons. The fourth-order valence-electron chi connectivity index (χ4n) is 3.02. The average Bonchev–Trinajstić information content (AvgIpc) is 2.73. The van der Waals surface area contributed by atoms with Crippen molar-refractivity contribution in [1.29, 1.82) is 0 Å². The third-order valence-corrected chi connectivity index (χ3v) is 4.58. The van der Waals surface area contributed by atoms with E-state index in [0.717, 1.165) is 42.3 Å². The van der Waals surface area contributed by atoms with Gasteiger partial charge in [-0.3, -0.25) is 0 Å². The van der Waals surface area contributed by atoms with Gasteiger partial charge in [0.15, 0.2) is 10.9 Å². The first-order chi connectivity index (χ1) is 13.9. The van der Waals surface area contributed by atoms with Crippen LogP contribution in [0, 0.1) is 5.92 Å². The molecule has 0 saturated heterocycles. The molecule has 2 rings (SSSR count). The molecule has 0 aliphatic heterocycles. The van der Waals surface area contributed by atoms with E-state index in [1.807, 2.05) is 24.3 Å². The van der Waals surface area contributed by atoms with E-state index in [4.69, 9.17) is 27.4 Å². The molecule has 29 heavy (non-hydrogen) atoms. The van der Waals surface area contributed by atoms with Crippen molar-refractivity contribution in [2.75, 3.05) is 28.4 Å². The Hall–Kier alpha value is -2.45. The van der Waals surface area contributed by atoms with Crippen LogP contribution in [0.3, 0.4) is 0 Å². The Labute approximate surface area is 174 Å². The highest BCUT2D eigenvalue weighted by Gasteiger charge is 2.15. The van der Waals surface area contributed by atoms with Gasteiger partial charge in [-0.25, -0.2) is 13.6 Å². The molecule has 2 N–H and O–H groups in total.